The summed E-state index contributed by atoms with van der Waals surface area (Å²) in [6, 6.07) is 1.50. The highest BCUT2D eigenvalue weighted by Crippen LogP contribution is 2.40. The third kappa shape index (κ3) is 2.68. The average molecular weight is 299 g/mol. The van der Waals surface area contributed by atoms with Crippen LogP contribution < -0.4 is 0 Å². The first kappa shape index (κ1) is 13.3. The Hall–Kier alpha value is -0.750. The Balaban J connectivity index is 3.46. The van der Waals surface area contributed by atoms with Crippen LogP contribution in [0.3, 0.4) is 0 Å². The Labute approximate surface area is 98.8 Å². The molecule has 0 radical (unpaired) electrons. The van der Waals surface area contributed by atoms with Gasteiger partial charge in [-0.25, -0.2) is 0 Å². The normalized spacial score (nSPS) is 12.9. The molecule has 90 valence electrons. The predicted octanol–water partition coefficient (Wildman–Crippen LogP) is 3.40. The second-order valence-electron chi connectivity index (χ2n) is 3.91. The number of aliphatic hydroxyl groups is 1. The lowest BCUT2D eigenvalue weighted by molar-refractivity contribution is -0.137. The van der Waals surface area contributed by atoms with E-state index >= 15 is 0 Å². The molecule has 0 atom stereocenters. The van der Waals surface area contributed by atoms with Crippen molar-refractivity contribution in [2.24, 2.45) is 0 Å². The van der Waals surface area contributed by atoms with Gasteiger partial charge in [0, 0.05) is 5.56 Å². The van der Waals surface area contributed by atoms with Gasteiger partial charge in [0.15, 0.2) is 0 Å². The first-order chi connectivity index (χ1) is 7.03. The van der Waals surface area contributed by atoms with Crippen molar-refractivity contribution in [1.29, 1.82) is 0 Å². The Bertz CT molecular complexity index is 408. The van der Waals surface area contributed by atoms with E-state index in [0.29, 0.717) is 0 Å². The lowest BCUT2D eigenvalue weighted by atomic mass is 9.95. The number of alkyl halides is 3. The van der Waals surface area contributed by atoms with E-state index in [1.54, 1.807) is 0 Å². The Morgan fingerprint density at radius 1 is 1.19 bits per heavy atom. The van der Waals surface area contributed by atoms with Gasteiger partial charge in [-0.05, 0) is 41.9 Å². The van der Waals surface area contributed by atoms with Crippen LogP contribution >= 0.6 is 15.9 Å². The molecule has 16 heavy (non-hydrogen) atoms. The van der Waals surface area contributed by atoms with Gasteiger partial charge in [0.1, 0.15) is 5.75 Å². The van der Waals surface area contributed by atoms with Gasteiger partial charge in [-0.1, -0.05) is 0 Å². The fourth-order valence-electron chi connectivity index (χ4n) is 1.23. The quantitative estimate of drug-likeness (QED) is 0.834. The molecule has 6 heteroatoms. The largest absolute Gasteiger partial charge is 0.506 e. The van der Waals surface area contributed by atoms with Crippen molar-refractivity contribution in [3.8, 4) is 5.75 Å². The van der Waals surface area contributed by atoms with E-state index in [1.165, 1.54) is 13.8 Å². The molecule has 0 bridgehead atoms. The van der Waals surface area contributed by atoms with E-state index in [2.05, 4.69) is 15.9 Å². The second kappa shape index (κ2) is 3.92. The number of benzene rings is 1. The molecule has 0 heterocycles. The maximum absolute atomic E-state index is 12.5. The van der Waals surface area contributed by atoms with Crippen molar-refractivity contribution in [3.63, 3.8) is 0 Å². The van der Waals surface area contributed by atoms with Gasteiger partial charge in [0.2, 0.25) is 0 Å². The van der Waals surface area contributed by atoms with Crippen LogP contribution in [0.15, 0.2) is 16.6 Å². The smallest absolute Gasteiger partial charge is 0.416 e. The monoisotopic (exact) mass is 298 g/mol. The third-order valence-corrected chi connectivity index (χ3v) is 2.65. The number of aromatic hydroxyl groups is 1. The molecule has 0 unspecified atom stereocenters. The van der Waals surface area contributed by atoms with Gasteiger partial charge in [0.25, 0.3) is 0 Å². The molecule has 0 spiro atoms. The number of rotatable bonds is 1. The number of hydrogen-bond donors (Lipinski definition) is 2. The molecule has 1 aromatic carbocycles. The van der Waals surface area contributed by atoms with Crippen molar-refractivity contribution in [3.05, 3.63) is 27.7 Å². The molecule has 0 saturated carbocycles. The molecule has 0 fully saturated rings. The van der Waals surface area contributed by atoms with Crippen LogP contribution in [0.25, 0.3) is 0 Å². The van der Waals surface area contributed by atoms with Crippen LogP contribution in [0, 0.1) is 0 Å². The lowest BCUT2D eigenvalue weighted by Gasteiger charge is -2.21. The highest BCUT2D eigenvalue weighted by molar-refractivity contribution is 9.10. The lowest BCUT2D eigenvalue weighted by Crippen LogP contribution is -2.17. The zero-order valence-electron chi connectivity index (χ0n) is 8.56. The van der Waals surface area contributed by atoms with Crippen molar-refractivity contribution < 1.29 is 23.4 Å². The van der Waals surface area contributed by atoms with Gasteiger partial charge in [-0.15, -0.1) is 0 Å². The molecule has 0 aliphatic heterocycles. The van der Waals surface area contributed by atoms with E-state index in [4.69, 9.17) is 0 Å². The molecule has 0 aliphatic rings. The molecular weight excluding hydrogens is 289 g/mol. The summed E-state index contributed by atoms with van der Waals surface area (Å²) in [4.78, 5) is 0. The van der Waals surface area contributed by atoms with Gasteiger partial charge >= 0.3 is 6.18 Å². The Morgan fingerprint density at radius 3 is 2.06 bits per heavy atom. The van der Waals surface area contributed by atoms with Gasteiger partial charge in [-0.2, -0.15) is 13.2 Å². The minimum absolute atomic E-state index is 0.0977. The van der Waals surface area contributed by atoms with Crippen LogP contribution in [0.4, 0.5) is 13.2 Å². The van der Waals surface area contributed by atoms with Crippen molar-refractivity contribution in [2.45, 2.75) is 25.6 Å². The summed E-state index contributed by atoms with van der Waals surface area (Å²) in [5.74, 6) is -0.388. The highest BCUT2D eigenvalue weighted by Gasteiger charge is 2.34. The van der Waals surface area contributed by atoms with Gasteiger partial charge < -0.3 is 10.2 Å². The topological polar surface area (TPSA) is 40.5 Å². The maximum Gasteiger partial charge on any atom is 0.416 e. The first-order valence-electron chi connectivity index (χ1n) is 4.36. The van der Waals surface area contributed by atoms with Gasteiger partial charge in [-0.3, -0.25) is 0 Å². The summed E-state index contributed by atoms with van der Waals surface area (Å²) in [6.45, 7) is 2.60. The minimum atomic E-state index is -4.52. The van der Waals surface area contributed by atoms with Crippen LogP contribution in [0.2, 0.25) is 0 Å². The summed E-state index contributed by atoms with van der Waals surface area (Å²) < 4.78 is 37.4. The zero-order chi connectivity index (χ0) is 12.7. The summed E-state index contributed by atoms with van der Waals surface area (Å²) >= 11 is 2.82. The zero-order valence-corrected chi connectivity index (χ0v) is 10.1. The number of halogens is 4. The Kier molecular flexibility index (Phi) is 3.27. The standard InChI is InChI=1S/C10H10BrF3O2/c1-9(2,16)6-3-5(10(12,13)14)4-7(11)8(6)15/h3-4,15-16H,1-2H3. The van der Waals surface area contributed by atoms with Crippen molar-refractivity contribution >= 4 is 15.9 Å². The van der Waals surface area contributed by atoms with Crippen LogP contribution in [-0.2, 0) is 11.8 Å². The molecule has 1 rings (SSSR count). The summed E-state index contributed by atoms with van der Waals surface area (Å²) in [5, 5.41) is 19.2. The molecule has 2 N–H and O–H groups in total. The number of phenolic OH excluding ortho intramolecular Hbond substituents is 1. The van der Waals surface area contributed by atoms with E-state index in [-0.39, 0.29) is 15.8 Å². The molecule has 0 aromatic heterocycles. The highest BCUT2D eigenvalue weighted by atomic mass is 79.9. The fraction of sp³-hybridized carbons (Fsp3) is 0.400. The maximum atomic E-state index is 12.5. The molecule has 0 aliphatic carbocycles. The van der Waals surface area contributed by atoms with E-state index in [1.807, 2.05) is 0 Å². The number of phenols is 1. The molecule has 2 nitrogen and oxygen atoms in total. The third-order valence-electron chi connectivity index (χ3n) is 2.05. The Morgan fingerprint density at radius 2 is 1.69 bits per heavy atom. The second-order valence-corrected chi connectivity index (χ2v) is 4.77. The van der Waals surface area contributed by atoms with Crippen molar-refractivity contribution in [1.82, 2.24) is 0 Å². The molecule has 0 saturated heterocycles. The average Bonchev–Trinajstić information content (AvgIpc) is 2.05. The predicted molar refractivity (Wildman–Crippen MR) is 56.1 cm³/mol. The van der Waals surface area contributed by atoms with E-state index < -0.39 is 17.3 Å². The van der Waals surface area contributed by atoms with E-state index in [9.17, 15) is 23.4 Å². The SMILES string of the molecule is CC(C)(O)c1cc(C(F)(F)F)cc(Br)c1O. The first-order valence-corrected chi connectivity index (χ1v) is 5.15. The van der Waals surface area contributed by atoms with Crippen molar-refractivity contribution in [2.75, 3.05) is 0 Å². The summed E-state index contributed by atoms with van der Waals surface area (Å²) in [5.41, 5.74) is -2.64. The number of hydrogen-bond acceptors (Lipinski definition) is 2. The molecular formula is C10H10BrF3O2. The molecule has 1 aromatic rings. The minimum Gasteiger partial charge on any atom is -0.506 e. The van der Waals surface area contributed by atoms with Crippen LogP contribution in [0.1, 0.15) is 25.0 Å². The van der Waals surface area contributed by atoms with E-state index in [0.717, 1.165) is 12.1 Å². The molecule has 0 amide bonds. The van der Waals surface area contributed by atoms with Crippen LogP contribution in [-0.4, -0.2) is 10.2 Å². The fourth-order valence-corrected chi connectivity index (χ4v) is 1.69. The summed E-state index contributed by atoms with van der Waals surface area (Å²) in [6.07, 6.45) is -4.52. The summed E-state index contributed by atoms with van der Waals surface area (Å²) in [7, 11) is 0. The van der Waals surface area contributed by atoms with Crippen LogP contribution in [0.5, 0.6) is 5.75 Å². The van der Waals surface area contributed by atoms with Gasteiger partial charge in [0.05, 0.1) is 15.6 Å².